The van der Waals surface area contributed by atoms with Gasteiger partial charge in [0.25, 0.3) is 0 Å². The van der Waals surface area contributed by atoms with Crippen LogP contribution >= 0.6 is 0 Å². The highest BCUT2D eigenvalue weighted by molar-refractivity contribution is 4.91. The molecule has 0 saturated heterocycles. The van der Waals surface area contributed by atoms with E-state index >= 15 is 0 Å². The number of aromatic nitrogens is 3. The number of nitrogens with zero attached hydrogens (tertiary/aromatic N) is 2. The summed E-state index contributed by atoms with van der Waals surface area (Å²) in [5, 5.41) is 6.51. The third-order valence-corrected chi connectivity index (χ3v) is 2.01. The summed E-state index contributed by atoms with van der Waals surface area (Å²) < 4.78 is 0. The molecule has 0 bridgehead atoms. The van der Waals surface area contributed by atoms with Crippen molar-refractivity contribution in [2.75, 3.05) is 0 Å². The molecule has 0 spiro atoms. The molecule has 4 nitrogen and oxygen atoms in total. The number of aromatic amines is 1. The van der Waals surface area contributed by atoms with E-state index in [1.165, 1.54) is 6.33 Å². The van der Waals surface area contributed by atoms with Crippen LogP contribution in [-0.4, -0.2) is 15.2 Å². The van der Waals surface area contributed by atoms with Gasteiger partial charge in [-0.15, -0.1) is 0 Å². The quantitative estimate of drug-likeness (QED) is 0.678. The Morgan fingerprint density at radius 1 is 1.73 bits per heavy atom. The van der Waals surface area contributed by atoms with Crippen LogP contribution in [0.5, 0.6) is 0 Å². The maximum Gasteiger partial charge on any atom is 0.141 e. The maximum atomic E-state index is 5.86. The minimum absolute atomic E-state index is 0.0116. The zero-order valence-corrected chi connectivity index (χ0v) is 6.91. The minimum Gasteiger partial charge on any atom is -0.321 e. The molecule has 0 saturated carbocycles. The molecule has 1 heterocycles. The molecule has 0 aliphatic heterocycles. The van der Waals surface area contributed by atoms with Gasteiger partial charge in [-0.3, -0.25) is 5.10 Å². The first-order valence-corrected chi connectivity index (χ1v) is 3.86. The zero-order chi connectivity index (χ0) is 8.27. The Bertz CT molecular complexity index is 194. The SMILES string of the molecule is CCC(C)[C@H](N)c1ncn[nH]1. The Morgan fingerprint density at radius 3 is 2.91 bits per heavy atom. The monoisotopic (exact) mass is 154 g/mol. The molecule has 1 unspecified atom stereocenters. The molecule has 0 fully saturated rings. The van der Waals surface area contributed by atoms with Gasteiger partial charge in [0.2, 0.25) is 0 Å². The lowest BCUT2D eigenvalue weighted by Gasteiger charge is -2.14. The van der Waals surface area contributed by atoms with Crippen molar-refractivity contribution in [2.45, 2.75) is 26.3 Å². The summed E-state index contributed by atoms with van der Waals surface area (Å²) in [6, 6.07) is -0.0116. The van der Waals surface area contributed by atoms with E-state index in [9.17, 15) is 0 Å². The van der Waals surface area contributed by atoms with Gasteiger partial charge in [-0.1, -0.05) is 20.3 Å². The second-order valence-electron chi connectivity index (χ2n) is 2.78. The summed E-state index contributed by atoms with van der Waals surface area (Å²) in [5.41, 5.74) is 5.86. The van der Waals surface area contributed by atoms with Crippen LogP contribution in [0.4, 0.5) is 0 Å². The Kier molecular flexibility index (Phi) is 2.59. The molecular formula is C7H14N4. The standard InChI is InChI=1S/C7H14N4/c1-3-5(2)6(8)7-9-4-10-11-7/h4-6H,3,8H2,1-2H3,(H,9,10,11)/t5?,6-/m0/s1. The van der Waals surface area contributed by atoms with Gasteiger partial charge < -0.3 is 5.73 Å². The van der Waals surface area contributed by atoms with Crippen molar-refractivity contribution in [2.24, 2.45) is 11.7 Å². The van der Waals surface area contributed by atoms with E-state index in [1.54, 1.807) is 0 Å². The number of nitrogens with one attached hydrogen (secondary N) is 1. The molecule has 2 atom stereocenters. The first kappa shape index (κ1) is 8.20. The molecule has 0 aromatic carbocycles. The molecule has 0 radical (unpaired) electrons. The van der Waals surface area contributed by atoms with E-state index in [0.717, 1.165) is 12.2 Å². The molecule has 11 heavy (non-hydrogen) atoms. The van der Waals surface area contributed by atoms with E-state index in [2.05, 4.69) is 29.0 Å². The number of hydrogen-bond donors (Lipinski definition) is 2. The lowest BCUT2D eigenvalue weighted by molar-refractivity contribution is 0.440. The maximum absolute atomic E-state index is 5.86. The Balaban J connectivity index is 2.62. The fourth-order valence-electron chi connectivity index (χ4n) is 0.899. The third kappa shape index (κ3) is 1.77. The zero-order valence-electron chi connectivity index (χ0n) is 6.91. The highest BCUT2D eigenvalue weighted by Crippen LogP contribution is 2.17. The van der Waals surface area contributed by atoms with Crippen LogP contribution in [0.2, 0.25) is 0 Å². The largest absolute Gasteiger partial charge is 0.321 e. The van der Waals surface area contributed by atoms with Gasteiger partial charge in [0.1, 0.15) is 12.2 Å². The summed E-state index contributed by atoms with van der Waals surface area (Å²) in [7, 11) is 0. The van der Waals surface area contributed by atoms with Crippen LogP contribution in [-0.2, 0) is 0 Å². The van der Waals surface area contributed by atoms with Gasteiger partial charge in [-0.25, -0.2) is 4.98 Å². The Labute approximate surface area is 66.2 Å². The number of nitrogens with two attached hydrogens (primary N) is 1. The molecule has 1 rings (SSSR count). The first-order chi connectivity index (χ1) is 5.25. The number of rotatable bonds is 3. The summed E-state index contributed by atoms with van der Waals surface area (Å²) in [6.07, 6.45) is 2.54. The summed E-state index contributed by atoms with van der Waals surface area (Å²) in [6.45, 7) is 4.22. The molecule has 4 heteroatoms. The normalized spacial score (nSPS) is 16.3. The van der Waals surface area contributed by atoms with Crippen molar-refractivity contribution < 1.29 is 0 Å². The van der Waals surface area contributed by atoms with Crippen molar-refractivity contribution in [3.63, 3.8) is 0 Å². The van der Waals surface area contributed by atoms with Crippen LogP contribution in [0.15, 0.2) is 6.33 Å². The topological polar surface area (TPSA) is 67.6 Å². The van der Waals surface area contributed by atoms with Crippen LogP contribution in [0.3, 0.4) is 0 Å². The number of H-pyrrole nitrogens is 1. The molecule has 3 N–H and O–H groups in total. The van der Waals surface area contributed by atoms with Gasteiger partial charge in [0.15, 0.2) is 0 Å². The van der Waals surface area contributed by atoms with Gasteiger partial charge >= 0.3 is 0 Å². The third-order valence-electron chi connectivity index (χ3n) is 2.01. The summed E-state index contributed by atoms with van der Waals surface area (Å²) >= 11 is 0. The molecule has 0 aliphatic carbocycles. The van der Waals surface area contributed by atoms with Crippen LogP contribution < -0.4 is 5.73 Å². The lowest BCUT2D eigenvalue weighted by Crippen LogP contribution is -2.19. The minimum atomic E-state index is -0.0116. The van der Waals surface area contributed by atoms with Gasteiger partial charge in [-0.2, -0.15) is 5.10 Å². The second kappa shape index (κ2) is 3.48. The second-order valence-corrected chi connectivity index (χ2v) is 2.78. The molecular weight excluding hydrogens is 140 g/mol. The van der Waals surface area contributed by atoms with Gasteiger partial charge in [0, 0.05) is 0 Å². The van der Waals surface area contributed by atoms with Crippen molar-refractivity contribution >= 4 is 0 Å². The summed E-state index contributed by atoms with van der Waals surface area (Å²) in [4.78, 5) is 3.99. The predicted octanol–water partition coefficient (Wildman–Crippen LogP) is 0.851. The smallest absolute Gasteiger partial charge is 0.141 e. The fraction of sp³-hybridized carbons (Fsp3) is 0.714. The van der Waals surface area contributed by atoms with Crippen molar-refractivity contribution in [1.82, 2.24) is 15.2 Å². The number of hydrogen-bond acceptors (Lipinski definition) is 3. The van der Waals surface area contributed by atoms with Crippen molar-refractivity contribution in [1.29, 1.82) is 0 Å². The van der Waals surface area contributed by atoms with E-state index in [-0.39, 0.29) is 6.04 Å². The molecule has 0 amide bonds. The van der Waals surface area contributed by atoms with Gasteiger partial charge in [0.05, 0.1) is 6.04 Å². The molecule has 0 aliphatic rings. The lowest BCUT2D eigenvalue weighted by atomic mass is 10.00. The van der Waals surface area contributed by atoms with Crippen LogP contribution in [0.1, 0.15) is 32.1 Å². The van der Waals surface area contributed by atoms with Crippen molar-refractivity contribution in [3.05, 3.63) is 12.2 Å². The highest BCUT2D eigenvalue weighted by Gasteiger charge is 2.14. The van der Waals surface area contributed by atoms with Crippen molar-refractivity contribution in [3.8, 4) is 0 Å². The average Bonchev–Trinajstić information content (AvgIpc) is 2.53. The summed E-state index contributed by atoms with van der Waals surface area (Å²) in [5.74, 6) is 1.22. The molecule has 62 valence electrons. The van der Waals surface area contributed by atoms with E-state index < -0.39 is 0 Å². The fourth-order valence-corrected chi connectivity index (χ4v) is 0.899. The Morgan fingerprint density at radius 2 is 2.45 bits per heavy atom. The van der Waals surface area contributed by atoms with E-state index in [4.69, 9.17) is 5.73 Å². The predicted molar refractivity (Wildman–Crippen MR) is 42.8 cm³/mol. The Hall–Kier alpha value is -0.900. The van der Waals surface area contributed by atoms with E-state index in [0.29, 0.717) is 5.92 Å². The van der Waals surface area contributed by atoms with E-state index in [1.807, 2.05) is 0 Å². The molecule has 1 aromatic rings. The highest BCUT2D eigenvalue weighted by atomic mass is 15.2. The first-order valence-electron chi connectivity index (χ1n) is 3.86. The molecule has 1 aromatic heterocycles. The average molecular weight is 154 g/mol. The van der Waals surface area contributed by atoms with Gasteiger partial charge in [-0.05, 0) is 5.92 Å². The van der Waals surface area contributed by atoms with Crippen LogP contribution in [0.25, 0.3) is 0 Å². The van der Waals surface area contributed by atoms with Crippen LogP contribution in [0, 0.1) is 5.92 Å².